The number of H-pyrrole nitrogens is 1. The van der Waals surface area contributed by atoms with Crippen LogP contribution in [-0.2, 0) is 9.53 Å². The van der Waals surface area contributed by atoms with E-state index in [0.717, 1.165) is 49.5 Å². The molecule has 4 saturated heterocycles. The Balaban J connectivity index is 0.000000724. The van der Waals surface area contributed by atoms with Crippen molar-refractivity contribution in [2.75, 3.05) is 44.2 Å². The van der Waals surface area contributed by atoms with Gasteiger partial charge in [0.1, 0.15) is 0 Å². The highest BCUT2D eigenvalue weighted by Gasteiger charge is 2.35. The number of nitrogens with zero attached hydrogens (tertiary/aromatic N) is 3. The molecule has 0 radical (unpaired) electrons. The first-order valence-electron chi connectivity index (χ1n) is 12.1. The summed E-state index contributed by atoms with van der Waals surface area (Å²) < 4.78 is 6.08. The lowest BCUT2D eigenvalue weighted by atomic mass is 9.84. The van der Waals surface area contributed by atoms with Gasteiger partial charge in [0.15, 0.2) is 5.69 Å². The highest BCUT2D eigenvalue weighted by atomic mass is 16.5. The fourth-order valence-electron chi connectivity index (χ4n) is 5.40. The summed E-state index contributed by atoms with van der Waals surface area (Å²) in [5, 5.41) is 18.5. The van der Waals surface area contributed by atoms with Crippen molar-refractivity contribution in [3.8, 4) is 0 Å². The Morgan fingerprint density at radius 2 is 1.97 bits per heavy atom. The molecule has 2 bridgehead atoms. The minimum atomic E-state index is -0.250. The van der Waals surface area contributed by atoms with E-state index in [-0.39, 0.29) is 18.4 Å². The molecule has 2 atom stereocenters. The molecule has 1 aromatic carbocycles. The summed E-state index contributed by atoms with van der Waals surface area (Å²) in [5.41, 5.74) is 2.61. The Hall–Kier alpha value is -2.65. The molecule has 2 aromatic rings. The number of carbonyl (C=O) groups excluding carboxylic acids is 1. The van der Waals surface area contributed by atoms with Crippen LogP contribution >= 0.6 is 0 Å². The Kier molecular flexibility index (Phi) is 6.50. The number of nitrogens with one attached hydrogen (secondary N) is 2. The molecule has 1 aromatic heterocycles. The second-order valence-electron chi connectivity index (χ2n) is 9.76. The van der Waals surface area contributed by atoms with Crippen molar-refractivity contribution in [3.63, 3.8) is 0 Å². The molecule has 33 heavy (non-hydrogen) atoms. The largest absolute Gasteiger partial charge is 0.483 e. The molecule has 4 aliphatic heterocycles. The van der Waals surface area contributed by atoms with Crippen LogP contribution in [0.5, 0.6) is 0 Å². The molecule has 1 amide bonds. The molecule has 1 saturated carbocycles. The third kappa shape index (κ3) is 4.99. The SMILES string of the molecule is O=C(NC1CN2CCC1CC2)c1n[nH]c2cc(N3CC[C@@H](OCC4CC4)C3)ccc12.O=CO. The summed E-state index contributed by atoms with van der Waals surface area (Å²) >= 11 is 0. The van der Waals surface area contributed by atoms with E-state index in [0.29, 0.717) is 17.7 Å². The summed E-state index contributed by atoms with van der Waals surface area (Å²) in [7, 11) is 0. The monoisotopic (exact) mass is 455 g/mol. The van der Waals surface area contributed by atoms with E-state index in [1.807, 2.05) is 6.07 Å². The molecule has 1 aliphatic carbocycles. The Bertz CT molecular complexity index is 982. The average Bonchev–Trinajstić information content (AvgIpc) is 3.37. The maximum absolute atomic E-state index is 12.9. The molecule has 178 valence electrons. The summed E-state index contributed by atoms with van der Waals surface area (Å²) in [4.78, 5) is 26.1. The van der Waals surface area contributed by atoms with Crippen molar-refractivity contribution in [3.05, 3.63) is 23.9 Å². The van der Waals surface area contributed by atoms with Crippen LogP contribution in [0.2, 0.25) is 0 Å². The summed E-state index contributed by atoms with van der Waals surface area (Å²) in [6.45, 7) is 5.96. The van der Waals surface area contributed by atoms with Crippen molar-refractivity contribution < 1.29 is 19.4 Å². The maximum Gasteiger partial charge on any atom is 0.290 e. The van der Waals surface area contributed by atoms with Crippen LogP contribution in [0.1, 0.15) is 42.6 Å². The zero-order valence-corrected chi connectivity index (χ0v) is 18.9. The number of carbonyl (C=O) groups is 2. The van der Waals surface area contributed by atoms with Crippen LogP contribution in [0.15, 0.2) is 18.2 Å². The number of carboxylic acid groups (broad SMARTS) is 1. The number of hydrogen-bond acceptors (Lipinski definition) is 6. The lowest BCUT2D eigenvalue weighted by Crippen LogP contribution is -2.57. The van der Waals surface area contributed by atoms with E-state index < -0.39 is 0 Å². The van der Waals surface area contributed by atoms with Crippen LogP contribution in [0.3, 0.4) is 0 Å². The fourth-order valence-corrected chi connectivity index (χ4v) is 5.40. The number of anilines is 1. The van der Waals surface area contributed by atoms with Gasteiger partial charge in [-0.2, -0.15) is 5.10 Å². The number of aromatic nitrogens is 2. The molecule has 5 aliphatic rings. The van der Waals surface area contributed by atoms with Gasteiger partial charge in [0.05, 0.1) is 11.6 Å². The molecular weight excluding hydrogens is 422 g/mol. The van der Waals surface area contributed by atoms with E-state index in [1.54, 1.807) is 0 Å². The summed E-state index contributed by atoms with van der Waals surface area (Å²) in [6.07, 6.45) is 6.48. The zero-order chi connectivity index (χ0) is 22.8. The quantitative estimate of drug-likeness (QED) is 0.572. The summed E-state index contributed by atoms with van der Waals surface area (Å²) in [5.74, 6) is 1.37. The first-order valence-corrected chi connectivity index (χ1v) is 12.1. The zero-order valence-electron chi connectivity index (χ0n) is 18.9. The van der Waals surface area contributed by atoms with Crippen LogP contribution in [0.4, 0.5) is 5.69 Å². The third-order valence-corrected chi connectivity index (χ3v) is 7.51. The third-order valence-electron chi connectivity index (χ3n) is 7.51. The van der Waals surface area contributed by atoms with Gasteiger partial charge in [-0.05, 0) is 75.2 Å². The van der Waals surface area contributed by atoms with Gasteiger partial charge in [-0.25, -0.2) is 0 Å². The number of rotatable bonds is 6. The highest BCUT2D eigenvalue weighted by molar-refractivity contribution is 6.05. The molecule has 9 heteroatoms. The molecule has 3 N–H and O–H groups in total. The van der Waals surface area contributed by atoms with Gasteiger partial charge in [-0.1, -0.05) is 0 Å². The van der Waals surface area contributed by atoms with Crippen molar-refractivity contribution in [1.29, 1.82) is 0 Å². The van der Waals surface area contributed by atoms with Crippen LogP contribution < -0.4 is 10.2 Å². The van der Waals surface area contributed by atoms with Crippen molar-refractivity contribution in [2.45, 2.75) is 44.2 Å². The van der Waals surface area contributed by atoms with E-state index in [9.17, 15) is 4.79 Å². The first kappa shape index (κ1) is 22.2. The average molecular weight is 456 g/mol. The number of hydrogen-bond donors (Lipinski definition) is 3. The molecule has 5 heterocycles. The van der Waals surface area contributed by atoms with Crippen molar-refractivity contribution in [1.82, 2.24) is 20.4 Å². The topological polar surface area (TPSA) is 111 Å². The molecule has 1 unspecified atom stereocenters. The molecular formula is C24H33N5O4. The number of piperidine rings is 3. The van der Waals surface area contributed by atoms with Crippen molar-refractivity contribution in [2.24, 2.45) is 11.8 Å². The predicted octanol–water partition coefficient (Wildman–Crippen LogP) is 2.09. The Labute approximate surface area is 193 Å². The van der Waals surface area contributed by atoms with Gasteiger partial charge in [0.2, 0.25) is 0 Å². The normalized spacial score (nSPS) is 28.4. The van der Waals surface area contributed by atoms with Gasteiger partial charge in [-0.3, -0.25) is 14.7 Å². The highest BCUT2D eigenvalue weighted by Crippen LogP contribution is 2.32. The van der Waals surface area contributed by atoms with Crippen LogP contribution in [0.25, 0.3) is 10.9 Å². The number of ether oxygens (including phenoxy) is 1. The molecule has 7 rings (SSSR count). The maximum atomic E-state index is 12.9. The molecule has 5 fully saturated rings. The van der Waals surface area contributed by atoms with Gasteiger partial charge in [0, 0.05) is 43.4 Å². The van der Waals surface area contributed by atoms with E-state index in [2.05, 4.69) is 37.4 Å². The lowest BCUT2D eigenvalue weighted by molar-refractivity contribution is -0.122. The van der Waals surface area contributed by atoms with Crippen LogP contribution in [0, 0.1) is 11.8 Å². The number of aromatic amines is 1. The van der Waals surface area contributed by atoms with Gasteiger partial charge in [0.25, 0.3) is 12.4 Å². The molecule has 0 spiro atoms. The number of benzene rings is 1. The summed E-state index contributed by atoms with van der Waals surface area (Å²) in [6, 6.07) is 6.53. The Morgan fingerprint density at radius 1 is 1.18 bits per heavy atom. The standard InChI is InChI=1S/C23H31N5O2.CH2O2/c29-23(24-21-13-27-8-5-16(21)6-9-27)22-19-4-3-17(11-20(19)25-26-22)28-10-7-18(12-28)30-14-15-1-2-15;2-1-3/h3-4,11,15-16,18,21H,1-2,5-10,12-14H2,(H,24,29)(H,25,26);1H,(H,2,3)/t18-,21?;/m1./s1. The van der Waals surface area contributed by atoms with Gasteiger partial charge < -0.3 is 25.0 Å². The second-order valence-corrected chi connectivity index (χ2v) is 9.76. The minimum Gasteiger partial charge on any atom is -0.483 e. The number of fused-ring (bicyclic) bond motifs is 4. The smallest absolute Gasteiger partial charge is 0.290 e. The van der Waals surface area contributed by atoms with E-state index in [1.165, 1.54) is 44.5 Å². The van der Waals surface area contributed by atoms with Gasteiger partial charge in [-0.15, -0.1) is 0 Å². The lowest BCUT2D eigenvalue weighted by Gasteiger charge is -2.44. The van der Waals surface area contributed by atoms with E-state index in [4.69, 9.17) is 14.6 Å². The predicted molar refractivity (Wildman–Crippen MR) is 124 cm³/mol. The molecule has 9 nitrogen and oxygen atoms in total. The van der Waals surface area contributed by atoms with Crippen LogP contribution in [-0.4, -0.2) is 84.1 Å². The van der Waals surface area contributed by atoms with Crippen molar-refractivity contribution >= 4 is 29.0 Å². The minimum absolute atomic E-state index is 0.0533. The second kappa shape index (κ2) is 9.69. The van der Waals surface area contributed by atoms with E-state index >= 15 is 0 Å². The number of amides is 1. The van der Waals surface area contributed by atoms with Gasteiger partial charge >= 0.3 is 0 Å². The fraction of sp³-hybridized carbons (Fsp3) is 0.625. The Morgan fingerprint density at radius 3 is 2.67 bits per heavy atom. The first-order chi connectivity index (χ1) is 16.1.